The zero-order valence-corrected chi connectivity index (χ0v) is 29.5. The number of H-pyrrole nitrogens is 2. The summed E-state index contributed by atoms with van der Waals surface area (Å²) in [6.45, 7) is 23.5. The Labute approximate surface area is 280 Å². The van der Waals surface area contributed by atoms with Gasteiger partial charge in [0.15, 0.2) is 34.6 Å². The molecule has 12 heteroatoms. The van der Waals surface area contributed by atoms with Crippen LogP contribution in [-0.4, -0.2) is 39.9 Å². The fourth-order valence-electron chi connectivity index (χ4n) is 6.21. The van der Waals surface area contributed by atoms with Gasteiger partial charge in [0.25, 0.3) is 0 Å². The van der Waals surface area contributed by atoms with E-state index in [0.717, 1.165) is 0 Å². The molecule has 242 valence electrons. The van der Waals surface area contributed by atoms with Gasteiger partial charge >= 0.3 is 0 Å². The van der Waals surface area contributed by atoms with Gasteiger partial charge in [0.1, 0.15) is 57.8 Å². The third-order valence-corrected chi connectivity index (χ3v) is 8.06. The van der Waals surface area contributed by atoms with E-state index in [1.165, 1.54) is 0 Å². The second-order valence-corrected chi connectivity index (χ2v) is 16.1. The smallest absolute Gasteiger partial charge is 0.174 e. The highest BCUT2D eigenvalue weighted by Gasteiger charge is 2.36. The third kappa shape index (κ3) is 5.50. The van der Waals surface area contributed by atoms with E-state index in [1.807, 2.05) is 83.1 Å². The highest BCUT2D eigenvalue weighted by molar-refractivity contribution is 6.00. The van der Waals surface area contributed by atoms with Gasteiger partial charge in [-0.1, -0.05) is 83.1 Å². The van der Waals surface area contributed by atoms with Crippen molar-refractivity contribution in [3.8, 4) is 24.3 Å². The molecule has 3 aromatic heterocycles. The van der Waals surface area contributed by atoms with Crippen LogP contribution in [0.5, 0.6) is 0 Å². The number of nitrogens with one attached hydrogen (secondary N) is 2. The minimum Gasteiger partial charge on any atom is -0.323 e. The molecule has 0 amide bonds. The first-order valence-electron chi connectivity index (χ1n) is 15.6. The summed E-state index contributed by atoms with van der Waals surface area (Å²) in [6.07, 6.45) is 0. The van der Waals surface area contributed by atoms with Crippen LogP contribution in [-0.2, 0) is 10.8 Å². The van der Waals surface area contributed by atoms with Gasteiger partial charge in [0, 0.05) is 22.3 Å². The normalized spacial score (nSPS) is 14.0. The molecule has 2 aliphatic rings. The van der Waals surface area contributed by atoms with Crippen LogP contribution >= 0.6 is 0 Å². The molecule has 0 aromatic carbocycles. The summed E-state index contributed by atoms with van der Waals surface area (Å²) in [5.41, 5.74) is 2.07. The lowest BCUT2D eigenvalue weighted by Gasteiger charge is -2.21. The average Bonchev–Trinajstić information content (AvgIpc) is 3.67. The summed E-state index contributed by atoms with van der Waals surface area (Å²) < 4.78 is 0. The molecule has 8 bridgehead atoms. The predicted octanol–water partition coefficient (Wildman–Crippen LogP) is 7.19. The number of nitriles is 4. The van der Waals surface area contributed by atoms with E-state index in [4.69, 9.17) is 29.9 Å². The Kier molecular flexibility index (Phi) is 7.66. The second-order valence-electron chi connectivity index (χ2n) is 16.1. The van der Waals surface area contributed by atoms with E-state index in [1.54, 1.807) is 0 Å². The number of rotatable bonds is 0. The molecule has 0 unspecified atom stereocenters. The number of allylic oxidation sites excluding steroid dienone is 4. The summed E-state index contributed by atoms with van der Waals surface area (Å²) in [4.78, 5) is 35.5. The van der Waals surface area contributed by atoms with Gasteiger partial charge in [-0.25, -0.2) is 29.9 Å². The molecule has 0 fully saturated rings. The van der Waals surface area contributed by atoms with Gasteiger partial charge in [-0.3, -0.25) is 0 Å². The molecule has 0 aliphatic carbocycles. The Morgan fingerprint density at radius 1 is 0.396 bits per heavy atom. The minimum absolute atomic E-state index is 0.0941. The summed E-state index contributed by atoms with van der Waals surface area (Å²) in [6, 6.07) is 9.16. The van der Waals surface area contributed by atoms with Gasteiger partial charge in [0.05, 0.1) is 0 Å². The fraction of sp³-hybridized carbons (Fsp3) is 0.444. The van der Waals surface area contributed by atoms with Crippen LogP contribution in [0.4, 0.5) is 0 Å². The largest absolute Gasteiger partial charge is 0.323 e. The van der Waals surface area contributed by atoms with E-state index in [0.29, 0.717) is 33.6 Å². The van der Waals surface area contributed by atoms with Crippen molar-refractivity contribution in [3.63, 3.8) is 0 Å². The fourth-order valence-corrected chi connectivity index (χ4v) is 6.21. The maximum Gasteiger partial charge on any atom is 0.174 e. The molecule has 3 aromatic rings. The van der Waals surface area contributed by atoms with E-state index >= 15 is 0 Å². The number of nitrogens with zero attached hydrogens (tertiary/aromatic N) is 10. The van der Waals surface area contributed by atoms with Crippen LogP contribution < -0.4 is 0 Å². The topological polar surface area (TPSA) is 204 Å². The monoisotopic (exact) mass is 638 g/mol. The van der Waals surface area contributed by atoms with Crippen molar-refractivity contribution in [2.45, 2.75) is 93.9 Å². The molecule has 0 radical (unpaired) electrons. The van der Waals surface area contributed by atoms with Gasteiger partial charge in [0.2, 0.25) is 0 Å². The van der Waals surface area contributed by atoms with Gasteiger partial charge in [-0.05, 0) is 21.7 Å². The van der Waals surface area contributed by atoms with Crippen molar-refractivity contribution in [1.82, 2.24) is 39.9 Å². The van der Waals surface area contributed by atoms with Crippen molar-refractivity contribution >= 4 is 44.9 Å². The first kappa shape index (κ1) is 33.6. The number of aromatic amines is 2. The highest BCUT2D eigenvalue weighted by Crippen LogP contribution is 2.44. The molecule has 48 heavy (non-hydrogen) atoms. The molecular weight excluding hydrogens is 600 g/mol. The number of hydrogen-bond donors (Lipinski definition) is 2. The summed E-state index contributed by atoms with van der Waals surface area (Å²) in [5, 5.41) is 41.9. The van der Waals surface area contributed by atoms with Crippen LogP contribution in [0.25, 0.3) is 44.9 Å². The summed E-state index contributed by atoms with van der Waals surface area (Å²) in [5.74, 6) is 0.642. The number of aromatic nitrogens is 8. The Hall–Kier alpha value is -5.72. The minimum atomic E-state index is -0.594. The van der Waals surface area contributed by atoms with Crippen LogP contribution in [0, 0.1) is 56.2 Å². The third-order valence-electron chi connectivity index (χ3n) is 8.06. The zero-order chi connectivity index (χ0) is 35.7. The van der Waals surface area contributed by atoms with E-state index in [2.05, 4.69) is 34.2 Å². The molecule has 5 heterocycles. The van der Waals surface area contributed by atoms with Crippen molar-refractivity contribution < 1.29 is 0 Å². The lowest BCUT2D eigenvalue weighted by atomic mass is 9.83. The Morgan fingerprint density at radius 3 is 1.00 bits per heavy atom. The van der Waals surface area contributed by atoms with E-state index < -0.39 is 21.7 Å². The van der Waals surface area contributed by atoms with E-state index in [9.17, 15) is 21.0 Å². The molecular formula is C36H38N12. The first-order chi connectivity index (χ1) is 22.1. The Bertz CT molecular complexity index is 2150. The van der Waals surface area contributed by atoms with Gasteiger partial charge in [-0.15, -0.1) is 0 Å². The maximum absolute atomic E-state index is 10.5. The van der Waals surface area contributed by atoms with Crippen molar-refractivity contribution in [1.29, 1.82) is 21.0 Å². The lowest BCUT2D eigenvalue weighted by molar-refractivity contribution is 0.561. The molecule has 2 N–H and O–H groups in total. The van der Waals surface area contributed by atoms with Crippen LogP contribution in [0.3, 0.4) is 0 Å². The quantitative estimate of drug-likeness (QED) is 0.253. The summed E-state index contributed by atoms with van der Waals surface area (Å²) in [7, 11) is 0. The molecule has 0 spiro atoms. The van der Waals surface area contributed by atoms with E-state index in [-0.39, 0.29) is 56.9 Å². The van der Waals surface area contributed by atoms with Crippen LogP contribution in [0.1, 0.15) is 129 Å². The molecule has 0 saturated carbocycles. The summed E-state index contributed by atoms with van der Waals surface area (Å²) >= 11 is 0. The highest BCUT2D eigenvalue weighted by atomic mass is 15.1. The van der Waals surface area contributed by atoms with Crippen LogP contribution in [0.2, 0.25) is 0 Å². The SMILES string of the molecule is CC(C)(C)C1=C(C#N)c2nc1nc1nc(nc3[nH]c(nc4[nH]c(n2)c(C#N)c4C(C)(C)C)c(C(C)(C)C)c3C#N)C(C#N)=C1C(C)(C)C. The molecule has 0 saturated heterocycles. The molecule has 12 nitrogen and oxygen atoms in total. The number of hydrogen-bond acceptors (Lipinski definition) is 10. The van der Waals surface area contributed by atoms with Crippen LogP contribution in [0.15, 0.2) is 0 Å². The number of fused-ring (bicyclic) bond motifs is 8. The molecule has 0 atom stereocenters. The van der Waals surface area contributed by atoms with Crippen molar-refractivity contribution in [3.05, 3.63) is 45.6 Å². The molecule has 5 rings (SSSR count). The maximum atomic E-state index is 10.5. The molecule has 2 aliphatic heterocycles. The lowest BCUT2D eigenvalue weighted by Crippen LogP contribution is -2.14. The van der Waals surface area contributed by atoms with Gasteiger partial charge in [-0.2, -0.15) is 21.0 Å². The average molecular weight is 639 g/mol. The Morgan fingerprint density at radius 2 is 0.729 bits per heavy atom. The first-order valence-corrected chi connectivity index (χ1v) is 15.6. The van der Waals surface area contributed by atoms with Crippen molar-refractivity contribution in [2.24, 2.45) is 10.8 Å². The standard InChI is InChI=1S/C36H38N12/c1-33(2,3)21-17(13-37)25-41-26-19(15-39)23(35(7,8)9)31(45-26)48-32-24(36(10,11)12)20(16-40)28(46-32)42-27-18(14-38)22(34(4,5)6)30(44-27)47-29(21)43-25/h1-12H3,(H2,41,42,43,44,45,46,47,48). The van der Waals surface area contributed by atoms with Gasteiger partial charge < -0.3 is 9.97 Å². The Balaban J connectivity index is 2.18. The second kappa shape index (κ2) is 10.9. The predicted molar refractivity (Wildman–Crippen MR) is 183 cm³/mol. The van der Waals surface area contributed by atoms with Crippen molar-refractivity contribution in [2.75, 3.05) is 0 Å². The zero-order valence-electron chi connectivity index (χ0n) is 29.5.